The van der Waals surface area contributed by atoms with Gasteiger partial charge in [0.1, 0.15) is 0 Å². The van der Waals surface area contributed by atoms with Gasteiger partial charge in [-0.2, -0.15) is 0 Å². The second-order valence-electron chi connectivity index (χ2n) is 11.4. The summed E-state index contributed by atoms with van der Waals surface area (Å²) in [5, 5.41) is 0. The summed E-state index contributed by atoms with van der Waals surface area (Å²) in [7, 11) is 0. The van der Waals surface area contributed by atoms with Crippen molar-refractivity contribution in [3.05, 3.63) is 95.8 Å². The van der Waals surface area contributed by atoms with E-state index in [4.69, 9.17) is 4.74 Å². The van der Waals surface area contributed by atoms with Gasteiger partial charge < -0.3 is 0 Å². The molecule has 0 aromatic heterocycles. The number of para-hydroxylation sites is 2. The zero-order chi connectivity index (χ0) is 25.5. The molecule has 0 saturated carbocycles. The first-order valence-corrected chi connectivity index (χ1v) is 15.0. The van der Waals surface area contributed by atoms with Crippen molar-refractivity contribution < 1.29 is 22.4 Å². The van der Waals surface area contributed by atoms with Gasteiger partial charge in [0, 0.05) is 0 Å². The van der Waals surface area contributed by atoms with Gasteiger partial charge in [-0.1, -0.05) is 0 Å². The Morgan fingerprint density at radius 1 is 0.838 bits per heavy atom. The van der Waals surface area contributed by atoms with Gasteiger partial charge in [0.2, 0.25) is 0 Å². The third-order valence-electron chi connectivity index (χ3n) is 7.35. The van der Waals surface area contributed by atoms with Gasteiger partial charge in [-0.15, -0.1) is 0 Å². The van der Waals surface area contributed by atoms with Crippen LogP contribution in [0.5, 0.6) is 11.5 Å². The fourth-order valence-electron chi connectivity index (χ4n) is 5.36. The van der Waals surface area contributed by atoms with Gasteiger partial charge in [0.15, 0.2) is 0 Å². The van der Waals surface area contributed by atoms with Crippen LogP contribution < -0.4 is 14.5 Å². The maximum atomic E-state index is 6.40. The summed E-state index contributed by atoms with van der Waals surface area (Å²) in [6.45, 7) is 13.0. The van der Waals surface area contributed by atoms with E-state index in [2.05, 4.69) is 127 Å². The molecule has 0 atom stereocenters. The first kappa shape index (κ1) is 23.0. The molecular weight excluding hydrogens is 639 g/mol. The first-order chi connectivity index (χ1) is 17.7. The minimum absolute atomic E-state index is 0.00669. The Balaban J connectivity index is 1.49. The summed E-state index contributed by atoms with van der Waals surface area (Å²) in [5.74, 6) is 1.48. The third kappa shape index (κ3) is 3.62. The van der Waals surface area contributed by atoms with Crippen LogP contribution in [0.2, 0.25) is 0 Å². The number of nitrogens with zero attached hydrogens (tertiary/aromatic N) is 4. The summed E-state index contributed by atoms with van der Waals surface area (Å²) < 4.78 is 9.22. The molecule has 0 unspecified atom stereocenters. The van der Waals surface area contributed by atoms with Crippen LogP contribution in [0.4, 0.5) is 11.4 Å². The average molecular weight is 670 g/mol. The molecule has 4 aliphatic rings. The molecule has 0 fully saturated rings. The van der Waals surface area contributed by atoms with Crippen LogP contribution in [-0.2, 0) is 36.1 Å². The summed E-state index contributed by atoms with van der Waals surface area (Å²) in [6.07, 6.45) is 4.48. The predicted octanol–water partition coefficient (Wildman–Crippen LogP) is 5.81. The number of ether oxygens (including phenoxy) is 1. The Bertz CT molecular complexity index is 1540. The van der Waals surface area contributed by atoms with Crippen molar-refractivity contribution in [2.45, 2.75) is 58.8 Å². The van der Waals surface area contributed by atoms with E-state index in [1.165, 1.54) is 25.2 Å². The molecule has 37 heavy (non-hydrogen) atoms. The van der Waals surface area contributed by atoms with Crippen molar-refractivity contribution in [2.24, 2.45) is 0 Å². The molecule has 0 saturated heterocycles. The minimum atomic E-state index is -0.480. The van der Waals surface area contributed by atoms with Crippen molar-refractivity contribution in [1.82, 2.24) is 9.80 Å². The SMILES string of the molecule is CC(C)(C)c1cc2[c-]c(c1)Oc1[c-]c(ccc1)CN1C=CN3[C]1=[Pt]=[C]1N(C2)c2ccccc2N1C3(C)C. The normalized spacial score (nSPS) is 19.4. The molecule has 0 aliphatic carbocycles. The van der Waals surface area contributed by atoms with E-state index in [1.807, 2.05) is 6.07 Å². The van der Waals surface area contributed by atoms with Crippen LogP contribution in [-0.4, -0.2) is 23.8 Å². The van der Waals surface area contributed by atoms with Crippen LogP contribution >= 0.6 is 0 Å². The maximum absolute atomic E-state index is 6.40. The number of hydrogen-bond donors (Lipinski definition) is 0. The Morgan fingerprint density at radius 2 is 1.62 bits per heavy atom. The van der Waals surface area contributed by atoms with Gasteiger partial charge in [-0.3, -0.25) is 0 Å². The van der Waals surface area contributed by atoms with E-state index in [-0.39, 0.29) is 11.1 Å². The molecule has 6 bridgehead atoms. The van der Waals surface area contributed by atoms with E-state index >= 15 is 0 Å². The van der Waals surface area contributed by atoms with Crippen molar-refractivity contribution >= 4 is 19.7 Å². The molecule has 3 aromatic carbocycles. The number of fused-ring (bicyclic) bond motifs is 7. The molecule has 0 spiro atoms. The van der Waals surface area contributed by atoms with Crippen molar-refractivity contribution in [3.8, 4) is 11.5 Å². The molecule has 0 amide bonds. The number of rotatable bonds is 0. The quantitative estimate of drug-likeness (QED) is 0.281. The van der Waals surface area contributed by atoms with E-state index in [1.54, 1.807) is 0 Å². The summed E-state index contributed by atoms with van der Waals surface area (Å²) in [4.78, 5) is 9.98. The van der Waals surface area contributed by atoms with Gasteiger partial charge in [0.25, 0.3) is 0 Å². The first-order valence-electron chi connectivity index (χ1n) is 12.7. The molecule has 192 valence electrons. The summed E-state index contributed by atoms with van der Waals surface area (Å²) >= 11 is -0.480. The molecule has 6 heteroatoms. The number of anilines is 2. The molecule has 5 nitrogen and oxygen atoms in total. The van der Waals surface area contributed by atoms with Gasteiger partial charge in [0.05, 0.1) is 0 Å². The second kappa shape index (κ2) is 7.91. The topological polar surface area (TPSA) is 22.2 Å². The number of hydrogen-bond acceptors (Lipinski definition) is 5. The van der Waals surface area contributed by atoms with E-state index < -0.39 is 17.6 Å². The molecule has 4 heterocycles. The third-order valence-corrected chi connectivity index (χ3v) is 10.7. The Labute approximate surface area is 227 Å². The molecule has 3 aromatic rings. The van der Waals surface area contributed by atoms with Gasteiger partial charge in [-0.25, -0.2) is 0 Å². The average Bonchev–Trinajstić information content (AvgIpc) is 3.39. The van der Waals surface area contributed by atoms with E-state index in [0.717, 1.165) is 35.7 Å². The molecule has 0 radical (unpaired) electrons. The Kier molecular flexibility index (Phi) is 4.92. The molecule has 4 aliphatic heterocycles. The van der Waals surface area contributed by atoms with Crippen molar-refractivity contribution in [1.29, 1.82) is 0 Å². The zero-order valence-electron chi connectivity index (χ0n) is 21.8. The van der Waals surface area contributed by atoms with Gasteiger partial charge >= 0.3 is 228 Å². The van der Waals surface area contributed by atoms with E-state index in [0.29, 0.717) is 0 Å². The molecule has 0 N–H and O–H groups in total. The zero-order valence-corrected chi connectivity index (χ0v) is 24.1. The molecular formula is C31H30N4OPt-2. The standard InChI is InChI=1S/C31H30N4O.Pt/c1-30(2,3)25-15-24-17-27(18-25)36-26-10-8-9-23(16-26)19-32-13-14-34(21-32)31(4,5)35-22-33(20-24)28-11-6-7-12-29(28)35;/h6-15,18H,19-20H2,1-5H3;/q-2;. The van der Waals surface area contributed by atoms with Crippen LogP contribution in [0.1, 0.15) is 51.3 Å². The van der Waals surface area contributed by atoms with Crippen LogP contribution in [0.15, 0.2) is 67.0 Å². The fourth-order valence-corrected chi connectivity index (χ4v) is 9.47. The van der Waals surface area contributed by atoms with E-state index in [9.17, 15) is 0 Å². The monoisotopic (exact) mass is 669 g/mol. The summed E-state index contributed by atoms with van der Waals surface area (Å²) in [5.41, 5.74) is 5.81. The van der Waals surface area contributed by atoms with Crippen molar-refractivity contribution in [2.75, 3.05) is 9.80 Å². The van der Waals surface area contributed by atoms with Crippen LogP contribution in [0.25, 0.3) is 0 Å². The Hall–Kier alpha value is -3.17. The Morgan fingerprint density at radius 3 is 2.43 bits per heavy atom. The molecule has 7 rings (SSSR count). The number of benzene rings is 3. The fraction of sp³-hybridized carbons (Fsp3) is 0.290. The van der Waals surface area contributed by atoms with Crippen molar-refractivity contribution in [3.63, 3.8) is 0 Å². The van der Waals surface area contributed by atoms with Crippen LogP contribution in [0.3, 0.4) is 0 Å². The predicted molar refractivity (Wildman–Crippen MR) is 145 cm³/mol. The summed E-state index contributed by atoms with van der Waals surface area (Å²) in [6, 6.07) is 26.6. The van der Waals surface area contributed by atoms with Gasteiger partial charge in [-0.05, 0) is 0 Å². The second-order valence-corrected chi connectivity index (χ2v) is 14.0. The van der Waals surface area contributed by atoms with Crippen LogP contribution in [0, 0.1) is 12.1 Å².